The van der Waals surface area contributed by atoms with Crippen molar-refractivity contribution in [2.24, 2.45) is 0 Å². The van der Waals surface area contributed by atoms with E-state index in [0.29, 0.717) is 18.7 Å². The fourth-order valence-corrected chi connectivity index (χ4v) is 2.10. The number of aryl methyl sites for hydroxylation is 1. The molecule has 0 aromatic carbocycles. The molecule has 8 heteroatoms. The first-order valence-electron chi connectivity index (χ1n) is 6.74. The Morgan fingerprint density at radius 2 is 1.91 bits per heavy atom. The van der Waals surface area contributed by atoms with Crippen LogP contribution in [0.25, 0.3) is 0 Å². The van der Waals surface area contributed by atoms with Gasteiger partial charge in [0.25, 0.3) is 5.91 Å². The summed E-state index contributed by atoms with van der Waals surface area (Å²) in [5.41, 5.74) is 1.37. The fraction of sp³-hybridized carbons (Fsp3) is 0.500. The molecule has 1 aliphatic rings. The van der Waals surface area contributed by atoms with Crippen molar-refractivity contribution in [3.05, 3.63) is 29.6 Å². The zero-order valence-electron chi connectivity index (χ0n) is 12.7. The zero-order valence-corrected chi connectivity index (χ0v) is 14.4. The molecule has 0 unspecified atom stereocenters. The maximum absolute atomic E-state index is 12.2. The van der Waals surface area contributed by atoms with Crippen LogP contribution in [0.5, 0.6) is 0 Å². The van der Waals surface area contributed by atoms with E-state index in [4.69, 9.17) is 0 Å². The smallest absolute Gasteiger partial charge is 0.255 e. The molecule has 0 aliphatic carbocycles. The van der Waals surface area contributed by atoms with E-state index in [1.807, 2.05) is 6.92 Å². The second-order valence-electron chi connectivity index (χ2n) is 4.98. The van der Waals surface area contributed by atoms with Crippen molar-refractivity contribution in [3.8, 4) is 0 Å². The summed E-state index contributed by atoms with van der Waals surface area (Å²) in [5, 5.41) is 3.19. The molecule has 0 atom stereocenters. The lowest BCUT2D eigenvalue weighted by atomic mass is 10.2. The average Bonchev–Trinajstić information content (AvgIpc) is 2.48. The summed E-state index contributed by atoms with van der Waals surface area (Å²) in [6, 6.07) is 3.52. The number of nitrogens with one attached hydrogen (secondary N) is 1. The van der Waals surface area contributed by atoms with Crippen molar-refractivity contribution in [3.63, 3.8) is 0 Å². The molecule has 1 saturated heterocycles. The molecule has 1 fully saturated rings. The number of halogens is 2. The number of rotatable bonds is 3. The van der Waals surface area contributed by atoms with Crippen molar-refractivity contribution in [2.75, 3.05) is 39.8 Å². The van der Waals surface area contributed by atoms with Gasteiger partial charge in [-0.05, 0) is 19.1 Å². The molecule has 1 aliphatic heterocycles. The highest BCUT2D eigenvalue weighted by Gasteiger charge is 2.20. The van der Waals surface area contributed by atoms with E-state index >= 15 is 0 Å². The molecule has 1 N–H and O–H groups in total. The fourth-order valence-electron chi connectivity index (χ4n) is 2.10. The quantitative estimate of drug-likeness (QED) is 0.874. The Morgan fingerprint density at radius 3 is 2.45 bits per heavy atom. The number of aromatic nitrogens is 1. The van der Waals surface area contributed by atoms with Gasteiger partial charge in [-0.2, -0.15) is 0 Å². The molecule has 1 aromatic rings. The van der Waals surface area contributed by atoms with E-state index in [-0.39, 0.29) is 43.2 Å². The van der Waals surface area contributed by atoms with Gasteiger partial charge < -0.3 is 15.1 Å². The minimum absolute atomic E-state index is 0. The number of carbonyl (C=O) groups excluding carboxylic acids is 2. The maximum atomic E-state index is 12.2. The minimum atomic E-state index is -0.180. The highest BCUT2D eigenvalue weighted by molar-refractivity contribution is 5.96. The molecular weight excluding hydrogens is 327 g/mol. The first-order valence-corrected chi connectivity index (χ1v) is 6.74. The molecule has 0 spiro atoms. The van der Waals surface area contributed by atoms with E-state index < -0.39 is 0 Å². The SMILES string of the molecule is Cc1ccc(C(=O)N(C)CC(=O)N2CCNCC2)cn1.Cl.Cl. The number of piperazine rings is 1. The molecule has 124 valence electrons. The molecule has 2 rings (SSSR count). The van der Waals surface area contributed by atoms with Gasteiger partial charge in [0.2, 0.25) is 5.91 Å². The van der Waals surface area contributed by atoms with E-state index in [0.717, 1.165) is 18.8 Å². The maximum Gasteiger partial charge on any atom is 0.255 e. The van der Waals surface area contributed by atoms with Crippen LogP contribution in [0.3, 0.4) is 0 Å². The van der Waals surface area contributed by atoms with Crippen LogP contribution in [-0.4, -0.2) is 66.4 Å². The van der Waals surface area contributed by atoms with Crippen LogP contribution in [0.1, 0.15) is 16.1 Å². The normalized spacial score (nSPS) is 13.6. The largest absolute Gasteiger partial charge is 0.339 e. The molecule has 0 saturated carbocycles. The zero-order chi connectivity index (χ0) is 14.5. The van der Waals surface area contributed by atoms with Crippen LogP contribution in [0.2, 0.25) is 0 Å². The minimum Gasteiger partial charge on any atom is -0.339 e. The van der Waals surface area contributed by atoms with Crippen LogP contribution in [0.4, 0.5) is 0 Å². The van der Waals surface area contributed by atoms with Gasteiger partial charge in [-0.1, -0.05) is 0 Å². The summed E-state index contributed by atoms with van der Waals surface area (Å²) < 4.78 is 0. The number of pyridine rings is 1. The van der Waals surface area contributed by atoms with Crippen molar-refractivity contribution in [1.82, 2.24) is 20.1 Å². The van der Waals surface area contributed by atoms with E-state index in [1.165, 1.54) is 4.90 Å². The van der Waals surface area contributed by atoms with Crippen LogP contribution >= 0.6 is 24.8 Å². The standard InChI is InChI=1S/C14H20N4O2.2ClH/c1-11-3-4-12(9-16-11)14(20)17(2)10-13(19)18-7-5-15-6-8-18;;/h3-4,9,15H,5-8,10H2,1-2H3;2*1H. The second-order valence-corrected chi connectivity index (χ2v) is 4.98. The summed E-state index contributed by atoms with van der Waals surface area (Å²) in [6.07, 6.45) is 1.55. The predicted octanol–water partition coefficient (Wildman–Crippen LogP) is 0.737. The van der Waals surface area contributed by atoms with Gasteiger partial charge in [0.05, 0.1) is 12.1 Å². The molecule has 2 heterocycles. The third kappa shape index (κ3) is 5.44. The summed E-state index contributed by atoms with van der Waals surface area (Å²) in [6.45, 7) is 5.00. The topological polar surface area (TPSA) is 65.5 Å². The number of hydrogen-bond donors (Lipinski definition) is 1. The molecule has 22 heavy (non-hydrogen) atoms. The van der Waals surface area contributed by atoms with Crippen molar-refractivity contribution < 1.29 is 9.59 Å². The second kappa shape index (κ2) is 9.61. The van der Waals surface area contributed by atoms with Crippen molar-refractivity contribution >= 4 is 36.6 Å². The third-order valence-corrected chi connectivity index (χ3v) is 3.35. The Kier molecular flexibility index (Phi) is 9.01. The molecule has 6 nitrogen and oxygen atoms in total. The van der Waals surface area contributed by atoms with Crippen molar-refractivity contribution in [2.45, 2.75) is 6.92 Å². The average molecular weight is 349 g/mol. The van der Waals surface area contributed by atoms with Crippen LogP contribution < -0.4 is 5.32 Å². The highest BCUT2D eigenvalue weighted by atomic mass is 35.5. The first-order chi connectivity index (χ1) is 9.58. The van der Waals surface area contributed by atoms with E-state index in [2.05, 4.69) is 10.3 Å². The van der Waals surface area contributed by atoms with E-state index in [1.54, 1.807) is 30.3 Å². The van der Waals surface area contributed by atoms with Crippen LogP contribution in [0, 0.1) is 6.92 Å². The summed E-state index contributed by atoms with van der Waals surface area (Å²) in [7, 11) is 1.64. The Bertz CT molecular complexity index is 490. The Balaban J connectivity index is 0.00000220. The van der Waals surface area contributed by atoms with Crippen molar-refractivity contribution in [1.29, 1.82) is 0 Å². The van der Waals surface area contributed by atoms with Gasteiger partial charge in [-0.15, -0.1) is 24.8 Å². The lowest BCUT2D eigenvalue weighted by molar-refractivity contribution is -0.132. The Morgan fingerprint density at radius 1 is 1.27 bits per heavy atom. The van der Waals surface area contributed by atoms with E-state index in [9.17, 15) is 9.59 Å². The van der Waals surface area contributed by atoms with Gasteiger partial charge in [0, 0.05) is 45.1 Å². The van der Waals surface area contributed by atoms with Gasteiger partial charge >= 0.3 is 0 Å². The van der Waals surface area contributed by atoms with Crippen LogP contribution in [-0.2, 0) is 4.79 Å². The molecule has 2 amide bonds. The van der Waals surface area contributed by atoms with Gasteiger partial charge in [0.15, 0.2) is 0 Å². The van der Waals surface area contributed by atoms with Crippen LogP contribution in [0.15, 0.2) is 18.3 Å². The number of hydrogen-bond acceptors (Lipinski definition) is 4. The third-order valence-electron chi connectivity index (χ3n) is 3.35. The summed E-state index contributed by atoms with van der Waals surface area (Å²) in [5.74, 6) is -0.191. The molecule has 0 bridgehead atoms. The number of nitrogens with zero attached hydrogens (tertiary/aromatic N) is 3. The predicted molar refractivity (Wildman–Crippen MR) is 89.9 cm³/mol. The van der Waals surface area contributed by atoms with Gasteiger partial charge in [-0.25, -0.2) is 0 Å². The summed E-state index contributed by atoms with van der Waals surface area (Å²) >= 11 is 0. The molecule has 1 aromatic heterocycles. The van der Waals surface area contributed by atoms with Gasteiger partial charge in [-0.3, -0.25) is 14.6 Å². The lowest BCUT2D eigenvalue weighted by Crippen LogP contribution is -2.49. The van der Waals surface area contributed by atoms with Gasteiger partial charge in [0.1, 0.15) is 0 Å². The first kappa shape index (κ1) is 20.6. The summed E-state index contributed by atoms with van der Waals surface area (Å²) in [4.78, 5) is 31.6. The lowest BCUT2D eigenvalue weighted by Gasteiger charge is -2.29. The number of carbonyl (C=O) groups is 2. The number of amides is 2. The Labute approximate surface area is 143 Å². The Hall–Kier alpha value is -1.37. The molecular formula is C14H22Cl2N4O2. The monoisotopic (exact) mass is 348 g/mol. The highest BCUT2D eigenvalue weighted by Crippen LogP contribution is 2.04. The molecule has 0 radical (unpaired) electrons. The number of likely N-dealkylation sites (N-methyl/N-ethyl adjacent to an activating group) is 1.